The molecule has 0 aromatic heterocycles. The maximum absolute atomic E-state index is 6.36. The predicted octanol–water partition coefficient (Wildman–Crippen LogP) is 0.378. The summed E-state index contributed by atoms with van der Waals surface area (Å²) in [4.78, 5) is 4.58. The van der Waals surface area contributed by atoms with Crippen molar-refractivity contribution >= 4 is 0 Å². The third-order valence-corrected chi connectivity index (χ3v) is 3.22. The average molecular weight is 229 g/mol. The van der Waals surface area contributed by atoms with Gasteiger partial charge < -0.3 is 20.3 Å². The first-order valence-electron chi connectivity index (χ1n) is 6.22. The molecule has 1 aliphatic rings. The number of hydrogen-bond acceptors (Lipinski definition) is 4. The highest BCUT2D eigenvalue weighted by atomic mass is 16.5. The van der Waals surface area contributed by atoms with Crippen LogP contribution in [0, 0.1) is 0 Å². The van der Waals surface area contributed by atoms with Crippen molar-refractivity contribution in [1.82, 2.24) is 9.80 Å². The summed E-state index contributed by atoms with van der Waals surface area (Å²) in [5.41, 5.74) is 6.34. The van der Waals surface area contributed by atoms with Crippen LogP contribution in [0.3, 0.4) is 0 Å². The lowest BCUT2D eigenvalue weighted by atomic mass is 9.91. The molecule has 0 aliphatic carbocycles. The average Bonchev–Trinajstić information content (AvgIpc) is 2.17. The summed E-state index contributed by atoms with van der Waals surface area (Å²) < 4.78 is 5.35. The van der Waals surface area contributed by atoms with E-state index in [-0.39, 0.29) is 5.54 Å². The molecule has 1 heterocycles. The van der Waals surface area contributed by atoms with Gasteiger partial charge in [0.15, 0.2) is 0 Å². The van der Waals surface area contributed by atoms with Crippen LogP contribution in [0.2, 0.25) is 0 Å². The van der Waals surface area contributed by atoms with Crippen LogP contribution in [0.5, 0.6) is 0 Å². The number of nitrogens with zero attached hydrogens (tertiary/aromatic N) is 2. The molecule has 96 valence electrons. The first-order valence-corrected chi connectivity index (χ1v) is 6.22. The fraction of sp³-hybridized carbons (Fsp3) is 1.00. The lowest BCUT2D eigenvalue weighted by Gasteiger charge is -2.36. The van der Waals surface area contributed by atoms with Crippen LogP contribution in [0.25, 0.3) is 0 Å². The van der Waals surface area contributed by atoms with Gasteiger partial charge in [0.1, 0.15) is 0 Å². The van der Waals surface area contributed by atoms with E-state index in [4.69, 9.17) is 10.5 Å². The van der Waals surface area contributed by atoms with Crippen LogP contribution in [0.4, 0.5) is 0 Å². The van der Waals surface area contributed by atoms with Crippen molar-refractivity contribution in [3.05, 3.63) is 0 Å². The Bertz CT molecular complexity index is 191. The Morgan fingerprint density at radius 2 is 1.75 bits per heavy atom. The van der Waals surface area contributed by atoms with Crippen molar-refractivity contribution in [1.29, 1.82) is 0 Å². The van der Waals surface area contributed by atoms with Crippen molar-refractivity contribution < 1.29 is 4.74 Å². The molecule has 2 N–H and O–H groups in total. The maximum Gasteiger partial charge on any atom is 0.0484 e. The fourth-order valence-corrected chi connectivity index (χ4v) is 2.21. The number of ether oxygens (including phenoxy) is 1. The van der Waals surface area contributed by atoms with Crippen molar-refractivity contribution in [2.75, 3.05) is 54.0 Å². The van der Waals surface area contributed by atoms with Crippen LogP contribution in [0.15, 0.2) is 0 Å². The van der Waals surface area contributed by atoms with Gasteiger partial charge in [0, 0.05) is 25.3 Å². The zero-order chi connectivity index (χ0) is 12.0. The van der Waals surface area contributed by atoms with Gasteiger partial charge in [-0.05, 0) is 53.5 Å². The second-order valence-corrected chi connectivity index (χ2v) is 5.37. The Morgan fingerprint density at radius 1 is 1.12 bits per heavy atom. The normalized spacial score (nSPS) is 20.6. The molecule has 1 fully saturated rings. The Hall–Kier alpha value is -0.160. The lowest BCUT2D eigenvalue weighted by molar-refractivity contribution is 0.0408. The van der Waals surface area contributed by atoms with Gasteiger partial charge in [-0.3, -0.25) is 0 Å². The van der Waals surface area contributed by atoms with Crippen molar-refractivity contribution in [2.24, 2.45) is 5.73 Å². The van der Waals surface area contributed by atoms with E-state index in [9.17, 15) is 0 Å². The minimum absolute atomic E-state index is 0.0227. The molecule has 0 unspecified atom stereocenters. The monoisotopic (exact) mass is 229 g/mol. The smallest absolute Gasteiger partial charge is 0.0484 e. The van der Waals surface area contributed by atoms with E-state index < -0.39 is 0 Å². The highest BCUT2D eigenvalue weighted by Crippen LogP contribution is 2.18. The van der Waals surface area contributed by atoms with Crippen molar-refractivity contribution in [3.8, 4) is 0 Å². The largest absolute Gasteiger partial charge is 0.381 e. The molecule has 16 heavy (non-hydrogen) atoms. The molecule has 1 aliphatic heterocycles. The third kappa shape index (κ3) is 5.25. The van der Waals surface area contributed by atoms with E-state index in [1.807, 2.05) is 0 Å². The summed E-state index contributed by atoms with van der Waals surface area (Å²) in [5.74, 6) is 0. The van der Waals surface area contributed by atoms with Gasteiger partial charge in [0.2, 0.25) is 0 Å². The fourth-order valence-electron chi connectivity index (χ4n) is 2.21. The number of likely N-dealkylation sites (N-methyl/N-ethyl adjacent to an activating group) is 1. The number of hydrogen-bond donors (Lipinski definition) is 1. The molecule has 0 saturated carbocycles. The van der Waals surface area contributed by atoms with Crippen molar-refractivity contribution in [2.45, 2.75) is 24.8 Å². The molecular weight excluding hydrogens is 202 g/mol. The van der Waals surface area contributed by atoms with Crippen molar-refractivity contribution in [3.63, 3.8) is 0 Å². The van der Waals surface area contributed by atoms with Crippen LogP contribution < -0.4 is 5.73 Å². The molecule has 1 rings (SSSR count). The number of rotatable bonds is 6. The summed E-state index contributed by atoms with van der Waals surface area (Å²) in [6, 6.07) is 0. The highest BCUT2D eigenvalue weighted by molar-refractivity contribution is 4.88. The molecule has 0 bridgehead atoms. The Morgan fingerprint density at radius 3 is 2.31 bits per heavy atom. The molecular formula is C12H27N3O. The van der Waals surface area contributed by atoms with Gasteiger partial charge in [-0.25, -0.2) is 0 Å². The second kappa shape index (κ2) is 6.55. The first kappa shape index (κ1) is 13.9. The molecule has 1 saturated heterocycles. The van der Waals surface area contributed by atoms with Gasteiger partial charge in [-0.15, -0.1) is 0 Å². The molecule has 0 atom stereocenters. The van der Waals surface area contributed by atoms with Crippen LogP contribution in [-0.4, -0.2) is 69.3 Å². The Balaban J connectivity index is 2.19. The van der Waals surface area contributed by atoms with Gasteiger partial charge in [0.25, 0.3) is 0 Å². The molecule has 0 spiro atoms. The van der Waals surface area contributed by atoms with E-state index in [0.29, 0.717) is 0 Å². The predicted molar refractivity (Wildman–Crippen MR) is 67.6 cm³/mol. The molecule has 0 aromatic rings. The summed E-state index contributed by atoms with van der Waals surface area (Å²) in [6.07, 6.45) is 3.19. The van der Waals surface area contributed by atoms with E-state index >= 15 is 0 Å². The first-order chi connectivity index (χ1) is 7.52. The van der Waals surface area contributed by atoms with E-state index in [2.05, 4.69) is 30.9 Å². The topological polar surface area (TPSA) is 41.7 Å². The molecule has 4 heteroatoms. The van der Waals surface area contributed by atoms with Crippen LogP contribution in [0.1, 0.15) is 19.3 Å². The molecule has 0 amide bonds. The van der Waals surface area contributed by atoms with E-state index in [1.54, 1.807) is 0 Å². The van der Waals surface area contributed by atoms with Gasteiger partial charge in [-0.2, -0.15) is 0 Å². The van der Waals surface area contributed by atoms with Gasteiger partial charge in [-0.1, -0.05) is 0 Å². The van der Waals surface area contributed by atoms with Gasteiger partial charge >= 0.3 is 0 Å². The van der Waals surface area contributed by atoms with E-state index in [1.165, 1.54) is 6.42 Å². The Labute approximate surface area is 99.7 Å². The zero-order valence-corrected chi connectivity index (χ0v) is 11.0. The standard InChI is InChI=1S/C12H27N3O/c1-14(2)7-4-8-15(3)11-12(13)5-9-16-10-6-12/h4-11,13H2,1-3H3. The highest BCUT2D eigenvalue weighted by Gasteiger charge is 2.28. The quantitative estimate of drug-likeness (QED) is 0.715. The minimum atomic E-state index is -0.0227. The van der Waals surface area contributed by atoms with Gasteiger partial charge in [0.05, 0.1) is 0 Å². The molecule has 4 nitrogen and oxygen atoms in total. The minimum Gasteiger partial charge on any atom is -0.381 e. The maximum atomic E-state index is 6.36. The van der Waals surface area contributed by atoms with Crippen LogP contribution in [-0.2, 0) is 4.74 Å². The summed E-state index contributed by atoms with van der Waals surface area (Å²) >= 11 is 0. The molecule has 0 aromatic carbocycles. The molecule has 0 radical (unpaired) electrons. The summed E-state index contributed by atoms with van der Waals surface area (Å²) in [6.45, 7) is 4.90. The number of nitrogens with two attached hydrogens (primary N) is 1. The van der Waals surface area contributed by atoms with Crippen LogP contribution >= 0.6 is 0 Å². The Kier molecular flexibility index (Phi) is 5.69. The summed E-state index contributed by atoms with van der Waals surface area (Å²) in [5, 5.41) is 0. The lowest BCUT2D eigenvalue weighted by Crippen LogP contribution is -2.52. The SMILES string of the molecule is CN(C)CCCN(C)CC1(N)CCOCC1. The summed E-state index contributed by atoms with van der Waals surface area (Å²) in [7, 11) is 6.39. The van der Waals surface area contributed by atoms with E-state index in [0.717, 1.165) is 45.7 Å². The zero-order valence-electron chi connectivity index (χ0n) is 11.0. The second-order valence-electron chi connectivity index (χ2n) is 5.37. The third-order valence-electron chi connectivity index (χ3n) is 3.22.